The molecule has 0 saturated heterocycles. The molecule has 0 fully saturated rings. The van der Waals surface area contributed by atoms with Crippen molar-refractivity contribution in [2.45, 2.75) is 233 Å². The molecule has 0 aromatic heterocycles. The van der Waals surface area contributed by atoms with E-state index in [9.17, 15) is 19.2 Å². The summed E-state index contributed by atoms with van der Waals surface area (Å²) in [6, 6.07) is 0. The summed E-state index contributed by atoms with van der Waals surface area (Å²) in [5.41, 5.74) is 0. The van der Waals surface area contributed by atoms with E-state index in [1.807, 2.05) is 0 Å². The minimum Gasteiger partial charge on any atom is -0.465 e. The highest BCUT2D eigenvalue weighted by molar-refractivity contribution is 5.72. The van der Waals surface area contributed by atoms with Gasteiger partial charge in [-0.1, -0.05) is 141 Å². The number of ether oxygens (including phenoxy) is 4. The summed E-state index contributed by atoms with van der Waals surface area (Å²) < 4.78 is 21.8. The number of esters is 4. The van der Waals surface area contributed by atoms with Crippen LogP contribution in [0.1, 0.15) is 220 Å². The molecule has 2 atom stereocenters. The second-order valence-corrected chi connectivity index (χ2v) is 16.4. The van der Waals surface area contributed by atoms with Gasteiger partial charge in [0.15, 0.2) is 0 Å². The summed E-state index contributed by atoms with van der Waals surface area (Å²) in [5.74, 6) is -1.56. The van der Waals surface area contributed by atoms with Crippen molar-refractivity contribution in [2.24, 2.45) is 0 Å². The lowest BCUT2D eigenvalue weighted by molar-refractivity contribution is -0.971. The molecule has 0 radical (unpaired) electrons. The Morgan fingerprint density at radius 3 is 1.00 bits per heavy atom. The van der Waals surface area contributed by atoms with Crippen LogP contribution < -0.4 is 0 Å². The van der Waals surface area contributed by atoms with E-state index in [0.717, 1.165) is 51.4 Å². The van der Waals surface area contributed by atoms with Gasteiger partial charge in [-0.3, -0.25) is 23.7 Å². The molecule has 0 N–H and O–H groups in total. The first kappa shape index (κ1) is 54.3. The largest absolute Gasteiger partial charge is 0.465 e. The normalized spacial score (nSPS) is 12.9. The number of hydrogen-bond acceptors (Lipinski definition) is 8. The molecule has 0 bridgehead atoms. The van der Waals surface area contributed by atoms with E-state index in [2.05, 4.69) is 38.2 Å². The van der Waals surface area contributed by atoms with E-state index in [1.165, 1.54) is 116 Å². The Morgan fingerprint density at radius 2 is 0.684 bits per heavy atom. The Labute approximate surface area is 350 Å². The second-order valence-electron chi connectivity index (χ2n) is 16.4. The maximum absolute atomic E-state index is 12.5. The quantitative estimate of drug-likeness (QED) is 0.0150. The zero-order chi connectivity index (χ0) is 42.2. The number of carbonyl (C=O) groups is 4. The molecule has 0 spiro atoms. The van der Waals surface area contributed by atoms with E-state index in [0.29, 0.717) is 12.8 Å². The summed E-state index contributed by atoms with van der Waals surface area (Å²) in [7, 11) is 3.61. The van der Waals surface area contributed by atoms with Gasteiger partial charge in [0.05, 0.1) is 26.9 Å². The Bertz CT molecular complexity index is 975. The summed E-state index contributed by atoms with van der Waals surface area (Å²) in [5, 5.41) is 0. The van der Waals surface area contributed by atoms with Crippen molar-refractivity contribution in [3.8, 4) is 0 Å². The van der Waals surface area contributed by atoms with Crippen LogP contribution in [0.15, 0.2) is 24.3 Å². The van der Waals surface area contributed by atoms with Crippen molar-refractivity contribution >= 4 is 23.9 Å². The molecule has 332 valence electrons. The van der Waals surface area contributed by atoms with Crippen molar-refractivity contribution in [3.63, 3.8) is 0 Å². The fraction of sp³-hybridized carbons (Fsp3) is 0.833. The monoisotopic (exact) mass is 807 g/mol. The van der Waals surface area contributed by atoms with Crippen molar-refractivity contribution in [1.82, 2.24) is 0 Å². The van der Waals surface area contributed by atoms with Gasteiger partial charge in [0, 0.05) is 26.7 Å². The molecule has 0 amide bonds. The number of unbranched alkanes of at least 4 members (excludes halogenated alkanes) is 22. The van der Waals surface area contributed by atoms with Gasteiger partial charge in [0.25, 0.3) is 0 Å². The van der Waals surface area contributed by atoms with E-state index in [4.69, 9.17) is 18.9 Å². The predicted octanol–water partition coefficient (Wildman–Crippen LogP) is 12.8. The third-order valence-corrected chi connectivity index (χ3v) is 10.9. The van der Waals surface area contributed by atoms with Crippen LogP contribution in [-0.2, 0) is 38.1 Å². The minimum atomic E-state index is -0.615. The molecule has 0 rings (SSSR count). The van der Waals surface area contributed by atoms with E-state index in [1.54, 1.807) is 27.9 Å². The fourth-order valence-corrected chi connectivity index (χ4v) is 6.39. The molecule has 57 heavy (non-hydrogen) atoms. The average Bonchev–Trinajstić information content (AvgIpc) is 3.17. The highest BCUT2D eigenvalue weighted by atomic mass is 16.6. The maximum Gasteiger partial charge on any atom is 0.313 e. The van der Waals surface area contributed by atoms with Gasteiger partial charge in [-0.05, 0) is 64.2 Å². The number of hydrogen-bond donors (Lipinski definition) is 0. The highest BCUT2D eigenvalue weighted by Crippen LogP contribution is 2.17. The number of allylic oxidation sites excluding steroid dienone is 4. The molecule has 0 aromatic rings. The van der Waals surface area contributed by atoms with Gasteiger partial charge in [-0.2, -0.15) is 0 Å². The number of rotatable bonds is 40. The van der Waals surface area contributed by atoms with Gasteiger partial charge < -0.3 is 18.9 Å². The maximum atomic E-state index is 12.5. The molecule has 0 heterocycles. The predicted molar refractivity (Wildman–Crippen MR) is 233 cm³/mol. The molecule has 0 aromatic carbocycles. The molecule has 9 nitrogen and oxygen atoms in total. The van der Waals surface area contributed by atoms with Crippen LogP contribution in [-0.4, -0.2) is 68.1 Å². The van der Waals surface area contributed by atoms with Crippen molar-refractivity contribution in [3.05, 3.63) is 24.3 Å². The zero-order valence-corrected chi connectivity index (χ0v) is 37.8. The smallest absolute Gasteiger partial charge is 0.313 e. The summed E-state index contributed by atoms with van der Waals surface area (Å²) in [6.45, 7) is 7.92. The molecular formula is C48H88NO8+. The average molecular weight is 807 g/mol. The first-order valence-corrected chi connectivity index (χ1v) is 23.4. The van der Waals surface area contributed by atoms with Gasteiger partial charge in [0.2, 0.25) is 12.5 Å². The summed E-state index contributed by atoms with van der Waals surface area (Å²) in [6.07, 6.45) is 39.9. The lowest BCUT2D eigenvalue weighted by Crippen LogP contribution is -2.56. The number of carbonyl (C=O) groups excluding carboxylic acids is 4. The van der Waals surface area contributed by atoms with Gasteiger partial charge >= 0.3 is 23.9 Å². The molecule has 0 aliphatic carbocycles. The fourth-order valence-electron chi connectivity index (χ4n) is 6.39. The molecule has 9 heteroatoms. The summed E-state index contributed by atoms with van der Waals surface area (Å²) >= 11 is 0. The van der Waals surface area contributed by atoms with E-state index >= 15 is 0 Å². The van der Waals surface area contributed by atoms with Crippen LogP contribution in [0.4, 0.5) is 0 Å². The third-order valence-electron chi connectivity index (χ3n) is 10.9. The lowest BCUT2D eigenvalue weighted by atomic mass is 10.1. The van der Waals surface area contributed by atoms with Crippen LogP contribution in [0.2, 0.25) is 0 Å². The molecular weight excluding hydrogens is 719 g/mol. The Morgan fingerprint density at radius 1 is 0.404 bits per heavy atom. The minimum absolute atomic E-state index is 0.0244. The third kappa shape index (κ3) is 35.0. The van der Waals surface area contributed by atoms with Crippen LogP contribution >= 0.6 is 0 Å². The van der Waals surface area contributed by atoms with Crippen LogP contribution in [0.5, 0.6) is 0 Å². The zero-order valence-electron chi connectivity index (χ0n) is 37.8. The summed E-state index contributed by atoms with van der Waals surface area (Å²) in [4.78, 5) is 49.2. The van der Waals surface area contributed by atoms with Crippen LogP contribution in [0.3, 0.4) is 0 Å². The topological polar surface area (TPSA) is 105 Å². The Kier molecular flexibility index (Phi) is 37.0. The molecule has 0 aliphatic heterocycles. The van der Waals surface area contributed by atoms with E-state index in [-0.39, 0.29) is 42.5 Å². The van der Waals surface area contributed by atoms with Crippen molar-refractivity contribution < 1.29 is 42.6 Å². The van der Waals surface area contributed by atoms with Crippen LogP contribution in [0.25, 0.3) is 0 Å². The van der Waals surface area contributed by atoms with E-state index < -0.39 is 24.4 Å². The Balaban J connectivity index is 3.90. The van der Waals surface area contributed by atoms with Gasteiger partial charge in [-0.15, -0.1) is 0 Å². The van der Waals surface area contributed by atoms with Gasteiger partial charge in [0.1, 0.15) is 13.2 Å². The lowest BCUT2D eigenvalue weighted by Gasteiger charge is -2.38. The van der Waals surface area contributed by atoms with Crippen molar-refractivity contribution in [2.75, 3.05) is 27.3 Å². The second kappa shape index (κ2) is 38.8. The first-order chi connectivity index (χ1) is 27.5. The highest BCUT2D eigenvalue weighted by Gasteiger charge is 2.35. The Hall–Kier alpha value is -2.68. The molecule has 0 saturated carbocycles. The molecule has 2 unspecified atom stereocenters. The standard InChI is InChI=1S/C48H88NO8/c1-7-9-11-13-15-17-19-21-23-25-27-29-31-33-35-37-45(50)54-41-39-47(52)56-43(3)49(5,6)44(4)57-48(53)40-42-55-46(51)38-36-34-32-30-28-26-24-22-20-18-16-14-12-10-8-2/h21-24,43-44H,7-20,25-42H2,1-6H3/q+1. The van der Waals surface area contributed by atoms with Crippen molar-refractivity contribution in [1.29, 1.82) is 0 Å². The number of nitrogens with zero attached hydrogens (tertiary/aromatic N) is 1. The van der Waals surface area contributed by atoms with Crippen LogP contribution in [0, 0.1) is 0 Å². The van der Waals surface area contributed by atoms with Gasteiger partial charge in [-0.25, -0.2) is 0 Å². The molecule has 0 aliphatic rings. The number of quaternary nitrogens is 1. The first-order valence-electron chi connectivity index (χ1n) is 23.4. The SMILES string of the molecule is CCCCCCCCC=CCCCCCCCC(=O)OCCC(=O)OC(C)[N+](C)(C)C(C)OC(=O)CCOC(=O)CCCCCCCC=CCCCCCCCC.